The third-order valence-electron chi connectivity index (χ3n) is 2.77. The molecular weight excluding hydrogens is 271 g/mol. The standard InChI is InChI=1S/C14H10F3NO2/c1-8-7-9(5-6-12(19)20)18-13-10(8)3-2-4-11(13)14(15,16)17/h2-7H,1H3,(H,19,20)/b6-5+. The van der Waals surface area contributed by atoms with Gasteiger partial charge in [0.15, 0.2) is 0 Å². The van der Waals surface area contributed by atoms with Gasteiger partial charge in [0, 0.05) is 11.5 Å². The molecule has 1 N–H and O–H groups in total. The quantitative estimate of drug-likeness (QED) is 0.855. The van der Waals surface area contributed by atoms with Crippen LogP contribution in [0.2, 0.25) is 0 Å². The third kappa shape index (κ3) is 2.79. The van der Waals surface area contributed by atoms with E-state index in [4.69, 9.17) is 5.11 Å². The number of aromatic nitrogens is 1. The van der Waals surface area contributed by atoms with Gasteiger partial charge in [-0.25, -0.2) is 9.78 Å². The number of carboxylic acid groups (broad SMARTS) is 1. The number of nitrogens with zero attached hydrogens (tertiary/aromatic N) is 1. The minimum Gasteiger partial charge on any atom is -0.478 e. The van der Waals surface area contributed by atoms with Crippen LogP contribution in [0.3, 0.4) is 0 Å². The maximum atomic E-state index is 12.9. The van der Waals surface area contributed by atoms with Crippen LogP contribution >= 0.6 is 0 Å². The number of pyridine rings is 1. The molecule has 0 fully saturated rings. The van der Waals surface area contributed by atoms with Gasteiger partial charge >= 0.3 is 12.1 Å². The van der Waals surface area contributed by atoms with Crippen LogP contribution in [0.1, 0.15) is 16.8 Å². The number of carbonyl (C=O) groups is 1. The van der Waals surface area contributed by atoms with Crippen LogP contribution in [0.4, 0.5) is 13.2 Å². The van der Waals surface area contributed by atoms with Crippen LogP contribution < -0.4 is 0 Å². The second kappa shape index (κ2) is 4.96. The minimum atomic E-state index is -4.51. The first-order chi connectivity index (χ1) is 9.29. The molecule has 2 rings (SSSR count). The lowest BCUT2D eigenvalue weighted by Gasteiger charge is -2.11. The number of aryl methyl sites for hydroxylation is 1. The average molecular weight is 281 g/mol. The lowest BCUT2D eigenvalue weighted by Crippen LogP contribution is -2.07. The Kier molecular flexibility index (Phi) is 3.48. The van der Waals surface area contributed by atoms with E-state index in [2.05, 4.69) is 4.98 Å². The molecule has 1 heterocycles. The van der Waals surface area contributed by atoms with Crippen molar-refractivity contribution in [1.29, 1.82) is 0 Å². The Bertz CT molecular complexity index is 705. The second-order valence-electron chi connectivity index (χ2n) is 4.24. The van der Waals surface area contributed by atoms with Crippen molar-refractivity contribution in [1.82, 2.24) is 4.98 Å². The molecule has 0 aliphatic carbocycles. The van der Waals surface area contributed by atoms with Crippen LogP contribution in [0.15, 0.2) is 30.3 Å². The number of halogens is 3. The zero-order valence-corrected chi connectivity index (χ0v) is 10.4. The first-order valence-corrected chi connectivity index (χ1v) is 5.67. The summed E-state index contributed by atoms with van der Waals surface area (Å²) >= 11 is 0. The average Bonchev–Trinajstić information content (AvgIpc) is 2.34. The van der Waals surface area contributed by atoms with Gasteiger partial charge in [0.1, 0.15) is 0 Å². The molecule has 6 heteroatoms. The van der Waals surface area contributed by atoms with Crippen molar-refractivity contribution in [3.05, 3.63) is 47.2 Å². The van der Waals surface area contributed by atoms with Gasteiger partial charge in [-0.15, -0.1) is 0 Å². The van der Waals surface area contributed by atoms with Gasteiger partial charge in [0.05, 0.1) is 16.8 Å². The van der Waals surface area contributed by atoms with E-state index in [1.807, 2.05) is 0 Å². The fourth-order valence-corrected chi connectivity index (χ4v) is 1.91. The summed E-state index contributed by atoms with van der Waals surface area (Å²) in [4.78, 5) is 14.4. The number of alkyl halides is 3. The highest BCUT2D eigenvalue weighted by Crippen LogP contribution is 2.34. The summed E-state index contributed by atoms with van der Waals surface area (Å²) in [6.45, 7) is 1.66. The summed E-state index contributed by atoms with van der Waals surface area (Å²) < 4.78 is 38.8. The lowest BCUT2D eigenvalue weighted by molar-refractivity contribution is -0.136. The van der Waals surface area contributed by atoms with Crippen LogP contribution in [0.25, 0.3) is 17.0 Å². The van der Waals surface area contributed by atoms with Crippen molar-refractivity contribution in [2.45, 2.75) is 13.1 Å². The number of carboxylic acids is 1. The number of rotatable bonds is 2. The van der Waals surface area contributed by atoms with E-state index in [1.54, 1.807) is 19.1 Å². The normalized spacial score (nSPS) is 12.2. The SMILES string of the molecule is Cc1cc(/C=C/C(=O)O)nc2c(C(F)(F)F)cccc12. The van der Waals surface area contributed by atoms with E-state index in [1.165, 1.54) is 12.1 Å². The van der Waals surface area contributed by atoms with E-state index in [0.717, 1.165) is 12.1 Å². The van der Waals surface area contributed by atoms with E-state index >= 15 is 0 Å². The van der Waals surface area contributed by atoms with Crippen LogP contribution in [0.5, 0.6) is 0 Å². The predicted octanol–water partition coefficient (Wildman–Crippen LogP) is 3.66. The summed E-state index contributed by atoms with van der Waals surface area (Å²) in [5.74, 6) is -1.19. The summed E-state index contributed by atoms with van der Waals surface area (Å²) in [6.07, 6.45) is -2.50. The van der Waals surface area contributed by atoms with Gasteiger partial charge in [-0.05, 0) is 30.7 Å². The largest absolute Gasteiger partial charge is 0.478 e. The second-order valence-corrected chi connectivity index (χ2v) is 4.24. The molecule has 0 bridgehead atoms. The maximum Gasteiger partial charge on any atom is 0.418 e. The molecule has 1 aromatic carbocycles. The molecule has 0 saturated heterocycles. The topological polar surface area (TPSA) is 50.2 Å². The molecule has 0 amide bonds. The van der Waals surface area contributed by atoms with Gasteiger partial charge < -0.3 is 5.11 Å². The molecule has 0 aliphatic heterocycles. The van der Waals surface area contributed by atoms with Crippen molar-refractivity contribution in [2.24, 2.45) is 0 Å². The van der Waals surface area contributed by atoms with E-state index in [9.17, 15) is 18.0 Å². The van der Waals surface area contributed by atoms with Crippen LogP contribution in [0, 0.1) is 6.92 Å². The molecule has 0 spiro atoms. The molecule has 0 unspecified atom stereocenters. The molecule has 0 radical (unpaired) electrons. The highest BCUT2D eigenvalue weighted by atomic mass is 19.4. The van der Waals surface area contributed by atoms with Crippen LogP contribution in [-0.4, -0.2) is 16.1 Å². The van der Waals surface area contributed by atoms with Crippen molar-refractivity contribution in [3.8, 4) is 0 Å². The molecule has 104 valence electrons. The molecule has 0 atom stereocenters. The number of hydrogen-bond donors (Lipinski definition) is 1. The molecule has 0 aliphatic rings. The Labute approximate surface area is 112 Å². The Balaban J connectivity index is 2.71. The highest BCUT2D eigenvalue weighted by Gasteiger charge is 2.33. The maximum absolute atomic E-state index is 12.9. The predicted molar refractivity (Wildman–Crippen MR) is 68.2 cm³/mol. The molecule has 20 heavy (non-hydrogen) atoms. The number of aliphatic carboxylic acids is 1. The van der Waals surface area contributed by atoms with E-state index in [0.29, 0.717) is 10.9 Å². The molecule has 2 aromatic rings. The number of benzene rings is 1. The molecular formula is C14H10F3NO2. The zero-order chi connectivity index (χ0) is 14.9. The molecule has 3 nitrogen and oxygen atoms in total. The van der Waals surface area contributed by atoms with Gasteiger partial charge in [-0.1, -0.05) is 12.1 Å². The monoisotopic (exact) mass is 281 g/mol. The van der Waals surface area contributed by atoms with Crippen molar-refractivity contribution >= 4 is 22.9 Å². The van der Waals surface area contributed by atoms with Crippen molar-refractivity contribution in [2.75, 3.05) is 0 Å². The summed E-state index contributed by atoms with van der Waals surface area (Å²) in [6, 6.07) is 5.38. The van der Waals surface area contributed by atoms with E-state index in [-0.39, 0.29) is 11.2 Å². The molecule has 1 aromatic heterocycles. The Morgan fingerprint density at radius 3 is 2.65 bits per heavy atom. The summed E-state index contributed by atoms with van der Waals surface area (Å²) in [5, 5.41) is 8.94. The first kappa shape index (κ1) is 14.0. The molecule has 0 saturated carbocycles. The smallest absolute Gasteiger partial charge is 0.418 e. The summed E-state index contributed by atoms with van der Waals surface area (Å²) in [5.41, 5.74) is -0.228. The number of hydrogen-bond acceptors (Lipinski definition) is 2. The Hall–Kier alpha value is -2.37. The zero-order valence-electron chi connectivity index (χ0n) is 10.4. The van der Waals surface area contributed by atoms with Gasteiger partial charge in [-0.3, -0.25) is 0 Å². The van der Waals surface area contributed by atoms with E-state index < -0.39 is 17.7 Å². The highest BCUT2D eigenvalue weighted by molar-refractivity contribution is 5.88. The minimum absolute atomic E-state index is 0.175. The third-order valence-corrected chi connectivity index (χ3v) is 2.77. The number of para-hydroxylation sites is 1. The van der Waals surface area contributed by atoms with Gasteiger partial charge in [-0.2, -0.15) is 13.2 Å². The van der Waals surface area contributed by atoms with Crippen molar-refractivity contribution < 1.29 is 23.1 Å². The number of fused-ring (bicyclic) bond motifs is 1. The lowest BCUT2D eigenvalue weighted by atomic mass is 10.0. The Morgan fingerprint density at radius 1 is 1.35 bits per heavy atom. The van der Waals surface area contributed by atoms with Gasteiger partial charge in [0.25, 0.3) is 0 Å². The van der Waals surface area contributed by atoms with Crippen molar-refractivity contribution in [3.63, 3.8) is 0 Å². The van der Waals surface area contributed by atoms with Crippen LogP contribution in [-0.2, 0) is 11.0 Å². The fourth-order valence-electron chi connectivity index (χ4n) is 1.91. The van der Waals surface area contributed by atoms with Gasteiger partial charge in [0.2, 0.25) is 0 Å². The fraction of sp³-hybridized carbons (Fsp3) is 0.143. The Morgan fingerprint density at radius 2 is 2.05 bits per heavy atom. The first-order valence-electron chi connectivity index (χ1n) is 5.67. The summed E-state index contributed by atoms with van der Waals surface area (Å²) in [7, 11) is 0.